The van der Waals surface area contributed by atoms with Gasteiger partial charge in [0.2, 0.25) is 0 Å². The predicted molar refractivity (Wildman–Crippen MR) is 98.7 cm³/mol. The van der Waals surface area contributed by atoms with Gasteiger partial charge in [0.1, 0.15) is 0 Å². The average molecular weight is 363 g/mol. The van der Waals surface area contributed by atoms with Gasteiger partial charge in [-0.05, 0) is 30.5 Å². The Morgan fingerprint density at radius 2 is 1.92 bits per heavy atom. The highest BCUT2D eigenvalue weighted by Crippen LogP contribution is 2.27. The lowest BCUT2D eigenvalue weighted by molar-refractivity contribution is 0.0694. The molecule has 1 N–H and O–H groups in total. The summed E-state index contributed by atoms with van der Waals surface area (Å²) in [6.07, 6.45) is 2.05. The van der Waals surface area contributed by atoms with Gasteiger partial charge in [-0.2, -0.15) is 0 Å². The Morgan fingerprint density at radius 3 is 2.71 bits per heavy atom. The monoisotopic (exact) mass is 362 g/mol. The van der Waals surface area contributed by atoms with Crippen molar-refractivity contribution in [1.82, 2.24) is 10.2 Å². The van der Waals surface area contributed by atoms with Gasteiger partial charge in [0.15, 0.2) is 0 Å². The van der Waals surface area contributed by atoms with Crippen LogP contribution in [0.15, 0.2) is 48.5 Å². The van der Waals surface area contributed by atoms with E-state index in [9.17, 15) is 4.79 Å². The zero-order valence-corrected chi connectivity index (χ0v) is 14.9. The van der Waals surface area contributed by atoms with Crippen molar-refractivity contribution >= 4 is 29.1 Å². The third-order valence-corrected chi connectivity index (χ3v) is 5.15. The Kier molecular flexibility index (Phi) is 5.77. The molecule has 0 radical (unpaired) electrons. The van der Waals surface area contributed by atoms with E-state index in [0.717, 1.165) is 25.9 Å². The van der Waals surface area contributed by atoms with Crippen LogP contribution in [0.5, 0.6) is 0 Å². The molecule has 0 saturated carbocycles. The molecule has 1 heterocycles. The van der Waals surface area contributed by atoms with Crippen molar-refractivity contribution in [1.29, 1.82) is 0 Å². The third-order valence-electron chi connectivity index (χ3n) is 4.33. The Balaban J connectivity index is 1.62. The van der Waals surface area contributed by atoms with Crippen LogP contribution in [-0.4, -0.2) is 29.9 Å². The van der Waals surface area contributed by atoms with Crippen molar-refractivity contribution in [3.63, 3.8) is 0 Å². The van der Waals surface area contributed by atoms with Gasteiger partial charge in [0.05, 0.1) is 15.6 Å². The van der Waals surface area contributed by atoms with Gasteiger partial charge in [-0.15, -0.1) is 0 Å². The maximum atomic E-state index is 12.7. The zero-order valence-electron chi connectivity index (χ0n) is 13.3. The normalized spacial score (nSPS) is 17.8. The highest BCUT2D eigenvalue weighted by molar-refractivity contribution is 6.43. The fourth-order valence-corrected chi connectivity index (χ4v) is 3.41. The molecule has 2 aromatic carbocycles. The molecule has 1 aliphatic rings. The van der Waals surface area contributed by atoms with Crippen molar-refractivity contribution in [2.75, 3.05) is 13.1 Å². The molecule has 1 amide bonds. The number of benzene rings is 2. The van der Waals surface area contributed by atoms with E-state index in [-0.39, 0.29) is 5.91 Å². The largest absolute Gasteiger partial charge is 0.337 e. The summed E-state index contributed by atoms with van der Waals surface area (Å²) in [6.45, 7) is 2.26. The molecule has 1 unspecified atom stereocenters. The van der Waals surface area contributed by atoms with Crippen LogP contribution in [0.4, 0.5) is 0 Å². The number of rotatable bonds is 4. The number of nitrogens with zero attached hydrogens (tertiary/aromatic N) is 1. The summed E-state index contributed by atoms with van der Waals surface area (Å²) in [5, 5.41) is 4.30. The van der Waals surface area contributed by atoms with Gasteiger partial charge in [0.25, 0.3) is 5.91 Å². The molecule has 0 bridgehead atoms. The SMILES string of the molecule is O=C(c1cccc(Cl)c1Cl)N1CCCC(NCc2ccccc2)C1. The fourth-order valence-electron chi connectivity index (χ4n) is 3.03. The van der Waals surface area contributed by atoms with E-state index in [1.807, 2.05) is 23.1 Å². The van der Waals surface area contributed by atoms with Crippen LogP contribution < -0.4 is 5.32 Å². The Hall–Kier alpha value is -1.55. The first kappa shape index (κ1) is 17.3. The maximum absolute atomic E-state index is 12.7. The minimum absolute atomic E-state index is 0.0475. The number of piperidine rings is 1. The quantitative estimate of drug-likeness (QED) is 0.874. The van der Waals surface area contributed by atoms with E-state index < -0.39 is 0 Å². The van der Waals surface area contributed by atoms with Crippen LogP contribution in [0.1, 0.15) is 28.8 Å². The molecule has 2 aromatic rings. The number of halogens is 2. The molecule has 24 heavy (non-hydrogen) atoms. The van der Waals surface area contributed by atoms with Crippen LogP contribution in [-0.2, 0) is 6.54 Å². The summed E-state index contributed by atoms with van der Waals surface area (Å²) in [7, 11) is 0. The number of carbonyl (C=O) groups excluding carboxylic acids is 1. The van der Waals surface area contributed by atoms with Gasteiger partial charge >= 0.3 is 0 Å². The van der Waals surface area contributed by atoms with E-state index in [4.69, 9.17) is 23.2 Å². The second-order valence-corrected chi connectivity index (χ2v) is 6.84. The molecule has 0 aliphatic carbocycles. The summed E-state index contributed by atoms with van der Waals surface area (Å²) in [4.78, 5) is 14.6. The number of hydrogen-bond acceptors (Lipinski definition) is 2. The lowest BCUT2D eigenvalue weighted by Gasteiger charge is -2.33. The molecule has 3 nitrogen and oxygen atoms in total. The van der Waals surface area contributed by atoms with Crippen LogP contribution in [0, 0.1) is 0 Å². The molecule has 1 atom stereocenters. The topological polar surface area (TPSA) is 32.3 Å². The van der Waals surface area contributed by atoms with Crippen molar-refractivity contribution in [2.24, 2.45) is 0 Å². The van der Waals surface area contributed by atoms with Gasteiger partial charge in [-0.3, -0.25) is 4.79 Å². The van der Waals surface area contributed by atoms with E-state index in [2.05, 4.69) is 17.4 Å². The summed E-state index contributed by atoms with van der Waals surface area (Å²) < 4.78 is 0. The molecular formula is C19H20Cl2N2O. The lowest BCUT2D eigenvalue weighted by atomic mass is 10.0. The van der Waals surface area contributed by atoms with Gasteiger partial charge < -0.3 is 10.2 Å². The fraction of sp³-hybridized carbons (Fsp3) is 0.316. The minimum atomic E-state index is -0.0475. The first-order chi connectivity index (χ1) is 11.6. The van der Waals surface area contributed by atoms with Crippen molar-refractivity contribution in [2.45, 2.75) is 25.4 Å². The minimum Gasteiger partial charge on any atom is -0.337 e. The highest BCUT2D eigenvalue weighted by atomic mass is 35.5. The number of hydrogen-bond donors (Lipinski definition) is 1. The Bertz CT molecular complexity index is 706. The van der Waals surface area contributed by atoms with Crippen molar-refractivity contribution in [3.8, 4) is 0 Å². The first-order valence-corrected chi connectivity index (χ1v) is 8.91. The van der Waals surface area contributed by atoms with Crippen molar-refractivity contribution < 1.29 is 4.79 Å². The number of carbonyl (C=O) groups is 1. The molecule has 1 saturated heterocycles. The van der Waals surface area contributed by atoms with E-state index in [1.165, 1.54) is 5.56 Å². The lowest BCUT2D eigenvalue weighted by Crippen LogP contribution is -2.47. The van der Waals surface area contributed by atoms with Crippen molar-refractivity contribution in [3.05, 3.63) is 69.7 Å². The third kappa shape index (κ3) is 4.10. The Labute approximate surface area is 152 Å². The van der Waals surface area contributed by atoms with Crippen LogP contribution in [0.2, 0.25) is 10.0 Å². The summed E-state index contributed by atoms with van der Waals surface area (Å²) >= 11 is 12.2. The first-order valence-electron chi connectivity index (χ1n) is 8.16. The van der Waals surface area contributed by atoms with Gasteiger partial charge in [0, 0.05) is 25.7 Å². The van der Waals surface area contributed by atoms with E-state index in [0.29, 0.717) is 28.2 Å². The second-order valence-electron chi connectivity index (χ2n) is 6.06. The van der Waals surface area contributed by atoms with Gasteiger partial charge in [-0.1, -0.05) is 59.6 Å². The Morgan fingerprint density at radius 1 is 1.12 bits per heavy atom. The maximum Gasteiger partial charge on any atom is 0.255 e. The number of amides is 1. The molecule has 0 aromatic heterocycles. The highest BCUT2D eigenvalue weighted by Gasteiger charge is 2.25. The number of nitrogens with one attached hydrogen (secondary N) is 1. The molecule has 1 fully saturated rings. The predicted octanol–water partition coefficient (Wildman–Crippen LogP) is 4.39. The second kappa shape index (κ2) is 8.02. The molecular weight excluding hydrogens is 343 g/mol. The number of likely N-dealkylation sites (tertiary alicyclic amines) is 1. The van der Waals surface area contributed by atoms with Gasteiger partial charge in [-0.25, -0.2) is 0 Å². The summed E-state index contributed by atoms with van der Waals surface area (Å²) in [5.74, 6) is -0.0475. The molecule has 5 heteroatoms. The molecule has 1 aliphatic heterocycles. The summed E-state index contributed by atoms with van der Waals surface area (Å²) in [6, 6.07) is 15.8. The molecule has 3 rings (SSSR count). The van der Waals surface area contributed by atoms with E-state index in [1.54, 1.807) is 18.2 Å². The van der Waals surface area contributed by atoms with Crippen LogP contribution >= 0.6 is 23.2 Å². The summed E-state index contributed by atoms with van der Waals surface area (Å²) in [5.41, 5.74) is 1.73. The van der Waals surface area contributed by atoms with E-state index >= 15 is 0 Å². The van der Waals surface area contributed by atoms with Crippen LogP contribution in [0.3, 0.4) is 0 Å². The van der Waals surface area contributed by atoms with Crippen LogP contribution in [0.25, 0.3) is 0 Å². The molecule has 126 valence electrons. The standard InChI is InChI=1S/C19H20Cl2N2O/c20-17-10-4-9-16(18(17)21)19(24)23-11-5-8-15(13-23)22-12-14-6-2-1-3-7-14/h1-4,6-7,9-10,15,22H,5,8,11-13H2. The molecule has 0 spiro atoms. The zero-order chi connectivity index (χ0) is 16.9. The average Bonchev–Trinajstić information content (AvgIpc) is 2.63. The smallest absolute Gasteiger partial charge is 0.255 e.